The van der Waals surface area contributed by atoms with Gasteiger partial charge in [0.15, 0.2) is 0 Å². The average molecular weight is 265 g/mol. The monoisotopic (exact) mass is 265 g/mol. The quantitative estimate of drug-likeness (QED) is 0.795. The molecule has 0 aromatic carbocycles. The van der Waals surface area contributed by atoms with E-state index in [4.69, 9.17) is 5.73 Å². The van der Waals surface area contributed by atoms with Crippen molar-refractivity contribution in [3.8, 4) is 0 Å². The number of aromatic nitrogens is 1. The number of amides is 1. The van der Waals surface area contributed by atoms with Crippen molar-refractivity contribution >= 4 is 5.91 Å². The summed E-state index contributed by atoms with van der Waals surface area (Å²) >= 11 is 0. The molecule has 0 aliphatic rings. The molecule has 1 aromatic heterocycles. The van der Waals surface area contributed by atoms with Gasteiger partial charge in [-0.15, -0.1) is 0 Å². The fourth-order valence-corrected chi connectivity index (χ4v) is 2.48. The first-order chi connectivity index (χ1) is 8.91. The molecule has 1 heterocycles. The second-order valence-corrected chi connectivity index (χ2v) is 5.90. The second-order valence-electron chi connectivity index (χ2n) is 5.90. The Labute approximate surface area is 116 Å². The molecule has 19 heavy (non-hydrogen) atoms. The number of nitrogens with one attached hydrogen (secondary N) is 1. The molecule has 1 amide bonds. The largest absolute Gasteiger partial charge is 0.344 e. The predicted molar refractivity (Wildman–Crippen MR) is 79.1 cm³/mol. The second kappa shape index (κ2) is 6.75. The SMILES string of the molecule is CCCn1cccc1C(=O)NC(C)(CN)CC(C)C. The highest BCUT2D eigenvalue weighted by atomic mass is 16.2. The first kappa shape index (κ1) is 15.8. The summed E-state index contributed by atoms with van der Waals surface area (Å²) in [7, 11) is 0. The van der Waals surface area contributed by atoms with Gasteiger partial charge in [-0.2, -0.15) is 0 Å². The van der Waals surface area contributed by atoms with Crippen LogP contribution in [0.3, 0.4) is 0 Å². The molecule has 1 unspecified atom stereocenters. The molecule has 0 saturated heterocycles. The third kappa shape index (κ3) is 4.39. The van der Waals surface area contributed by atoms with E-state index in [9.17, 15) is 4.79 Å². The number of hydrogen-bond donors (Lipinski definition) is 2. The number of carbonyl (C=O) groups excluding carboxylic acids is 1. The summed E-state index contributed by atoms with van der Waals surface area (Å²) in [5, 5.41) is 3.09. The summed E-state index contributed by atoms with van der Waals surface area (Å²) < 4.78 is 1.99. The highest BCUT2D eigenvalue weighted by molar-refractivity contribution is 5.93. The summed E-state index contributed by atoms with van der Waals surface area (Å²) in [6, 6.07) is 3.77. The molecule has 4 heteroatoms. The zero-order valence-corrected chi connectivity index (χ0v) is 12.6. The Morgan fingerprint density at radius 3 is 2.74 bits per heavy atom. The van der Waals surface area contributed by atoms with Crippen LogP contribution in [0.5, 0.6) is 0 Å². The molecule has 108 valence electrons. The van der Waals surface area contributed by atoms with E-state index in [-0.39, 0.29) is 11.4 Å². The molecule has 0 bridgehead atoms. The zero-order chi connectivity index (χ0) is 14.5. The predicted octanol–water partition coefficient (Wildman–Crippen LogP) is 2.39. The summed E-state index contributed by atoms with van der Waals surface area (Å²) in [5.74, 6) is 0.461. The number of hydrogen-bond acceptors (Lipinski definition) is 2. The molecule has 1 aromatic rings. The zero-order valence-electron chi connectivity index (χ0n) is 12.6. The van der Waals surface area contributed by atoms with Crippen LogP contribution in [0.1, 0.15) is 51.0 Å². The van der Waals surface area contributed by atoms with Crippen molar-refractivity contribution in [2.45, 2.75) is 52.6 Å². The highest BCUT2D eigenvalue weighted by Crippen LogP contribution is 2.16. The molecule has 4 nitrogen and oxygen atoms in total. The number of aryl methyl sites for hydroxylation is 1. The van der Waals surface area contributed by atoms with Gasteiger partial charge in [-0.3, -0.25) is 4.79 Å². The van der Waals surface area contributed by atoms with Crippen molar-refractivity contribution in [2.75, 3.05) is 6.54 Å². The van der Waals surface area contributed by atoms with Crippen LogP contribution in [0.25, 0.3) is 0 Å². The fourth-order valence-electron chi connectivity index (χ4n) is 2.48. The van der Waals surface area contributed by atoms with E-state index in [0.717, 1.165) is 19.4 Å². The minimum Gasteiger partial charge on any atom is -0.344 e. The average Bonchev–Trinajstić information content (AvgIpc) is 2.76. The van der Waals surface area contributed by atoms with Crippen LogP contribution >= 0.6 is 0 Å². The van der Waals surface area contributed by atoms with Crippen molar-refractivity contribution in [3.05, 3.63) is 24.0 Å². The van der Waals surface area contributed by atoms with Gasteiger partial charge in [0.2, 0.25) is 0 Å². The van der Waals surface area contributed by atoms with Crippen LogP contribution in [0.2, 0.25) is 0 Å². The van der Waals surface area contributed by atoms with E-state index in [1.165, 1.54) is 0 Å². The van der Waals surface area contributed by atoms with E-state index in [2.05, 4.69) is 26.1 Å². The van der Waals surface area contributed by atoms with Crippen molar-refractivity contribution < 1.29 is 4.79 Å². The van der Waals surface area contributed by atoms with Gasteiger partial charge in [0, 0.05) is 19.3 Å². The molecule has 1 atom stereocenters. The Morgan fingerprint density at radius 1 is 1.53 bits per heavy atom. The Morgan fingerprint density at radius 2 is 2.21 bits per heavy atom. The highest BCUT2D eigenvalue weighted by Gasteiger charge is 2.27. The minimum atomic E-state index is -0.341. The lowest BCUT2D eigenvalue weighted by Gasteiger charge is -2.31. The molecule has 0 aliphatic heterocycles. The molecule has 0 spiro atoms. The fraction of sp³-hybridized carbons (Fsp3) is 0.667. The molecule has 0 saturated carbocycles. The van der Waals surface area contributed by atoms with Gasteiger partial charge in [-0.05, 0) is 37.8 Å². The smallest absolute Gasteiger partial charge is 0.268 e. The molecule has 1 rings (SSSR count). The van der Waals surface area contributed by atoms with Crippen LogP contribution in [0.15, 0.2) is 18.3 Å². The van der Waals surface area contributed by atoms with Crippen LogP contribution < -0.4 is 11.1 Å². The normalized spacial score (nSPS) is 14.4. The number of nitrogens with two attached hydrogens (primary N) is 1. The molecule has 0 aliphatic carbocycles. The van der Waals surface area contributed by atoms with Crippen molar-refractivity contribution in [1.82, 2.24) is 9.88 Å². The van der Waals surface area contributed by atoms with Gasteiger partial charge in [0.1, 0.15) is 5.69 Å². The standard InChI is InChI=1S/C15H27N3O/c1-5-8-18-9-6-7-13(18)14(19)17-15(4,11-16)10-12(2)3/h6-7,9,12H,5,8,10-11,16H2,1-4H3,(H,17,19). The van der Waals surface area contributed by atoms with Crippen molar-refractivity contribution in [1.29, 1.82) is 0 Å². The van der Waals surface area contributed by atoms with Gasteiger partial charge in [0.25, 0.3) is 5.91 Å². The Hall–Kier alpha value is -1.29. The Balaban J connectivity index is 2.79. The van der Waals surface area contributed by atoms with Crippen LogP contribution in [0, 0.1) is 5.92 Å². The molecular weight excluding hydrogens is 238 g/mol. The summed E-state index contributed by atoms with van der Waals surface area (Å²) in [6.45, 7) is 9.70. The van der Waals surface area contributed by atoms with Gasteiger partial charge in [0.05, 0.1) is 5.54 Å². The molecular formula is C15H27N3O. The van der Waals surface area contributed by atoms with Gasteiger partial charge >= 0.3 is 0 Å². The lowest BCUT2D eigenvalue weighted by molar-refractivity contribution is 0.0888. The van der Waals surface area contributed by atoms with E-state index in [1.807, 2.05) is 29.8 Å². The van der Waals surface area contributed by atoms with Crippen LogP contribution in [-0.2, 0) is 6.54 Å². The topological polar surface area (TPSA) is 60.0 Å². The van der Waals surface area contributed by atoms with E-state index >= 15 is 0 Å². The Kier molecular flexibility index (Phi) is 5.60. The van der Waals surface area contributed by atoms with E-state index in [1.54, 1.807) is 0 Å². The van der Waals surface area contributed by atoms with Crippen LogP contribution in [0.4, 0.5) is 0 Å². The summed E-state index contributed by atoms with van der Waals surface area (Å²) in [4.78, 5) is 12.4. The lowest BCUT2D eigenvalue weighted by atomic mass is 9.90. The molecule has 0 fully saturated rings. The maximum absolute atomic E-state index is 12.4. The first-order valence-electron chi connectivity index (χ1n) is 7.09. The Bertz CT molecular complexity index is 411. The van der Waals surface area contributed by atoms with Gasteiger partial charge in [-0.1, -0.05) is 20.8 Å². The molecule has 0 radical (unpaired) electrons. The van der Waals surface area contributed by atoms with Crippen molar-refractivity contribution in [3.63, 3.8) is 0 Å². The van der Waals surface area contributed by atoms with Gasteiger partial charge in [-0.25, -0.2) is 0 Å². The lowest BCUT2D eigenvalue weighted by Crippen LogP contribution is -2.52. The third-order valence-electron chi connectivity index (χ3n) is 3.25. The number of rotatable bonds is 7. The van der Waals surface area contributed by atoms with Crippen molar-refractivity contribution in [2.24, 2.45) is 11.7 Å². The van der Waals surface area contributed by atoms with Gasteiger partial charge < -0.3 is 15.6 Å². The maximum Gasteiger partial charge on any atom is 0.268 e. The maximum atomic E-state index is 12.4. The third-order valence-corrected chi connectivity index (χ3v) is 3.25. The van der Waals surface area contributed by atoms with E-state index in [0.29, 0.717) is 18.2 Å². The number of nitrogens with zero attached hydrogens (tertiary/aromatic N) is 1. The summed E-state index contributed by atoms with van der Waals surface area (Å²) in [6.07, 6.45) is 3.83. The van der Waals surface area contributed by atoms with Crippen LogP contribution in [-0.4, -0.2) is 22.6 Å². The minimum absolute atomic E-state index is 0.0351. The van der Waals surface area contributed by atoms with E-state index < -0.39 is 0 Å². The first-order valence-corrected chi connectivity index (χ1v) is 7.09. The molecule has 3 N–H and O–H groups in total. The summed E-state index contributed by atoms with van der Waals surface area (Å²) in [5.41, 5.74) is 6.20. The number of carbonyl (C=O) groups is 1.